The molecular formula is C15H16ClN4O4S+. The third-order valence-electron chi connectivity index (χ3n) is 3.81. The van der Waals surface area contributed by atoms with Crippen molar-refractivity contribution in [1.29, 1.82) is 0 Å². The number of morpholine rings is 1. The number of amides is 1. The molecule has 25 heavy (non-hydrogen) atoms. The zero-order chi connectivity index (χ0) is 17.8. The lowest BCUT2D eigenvalue weighted by Gasteiger charge is -2.22. The summed E-state index contributed by atoms with van der Waals surface area (Å²) in [6, 6.07) is 3.94. The molecule has 1 aromatic heterocycles. The first kappa shape index (κ1) is 17.7. The number of ether oxygens (including phenoxy) is 1. The number of halogens is 1. The maximum absolute atomic E-state index is 12.3. The molecule has 1 amide bonds. The van der Waals surface area contributed by atoms with Crippen molar-refractivity contribution in [3.8, 4) is 0 Å². The molecule has 2 heterocycles. The molecule has 1 aromatic carbocycles. The molecule has 2 N–H and O–H groups in total. The third-order valence-corrected chi connectivity index (χ3v) is 4.93. The van der Waals surface area contributed by atoms with Crippen molar-refractivity contribution in [2.75, 3.05) is 31.6 Å². The van der Waals surface area contributed by atoms with E-state index >= 15 is 0 Å². The van der Waals surface area contributed by atoms with Crippen LogP contribution in [0.4, 0.5) is 10.8 Å². The summed E-state index contributed by atoms with van der Waals surface area (Å²) >= 11 is 7.08. The minimum absolute atomic E-state index is 0.00780. The Labute approximate surface area is 152 Å². The molecule has 0 radical (unpaired) electrons. The van der Waals surface area contributed by atoms with Crippen molar-refractivity contribution in [1.82, 2.24) is 4.98 Å². The van der Waals surface area contributed by atoms with Gasteiger partial charge in [0.2, 0.25) is 0 Å². The van der Waals surface area contributed by atoms with Gasteiger partial charge in [-0.3, -0.25) is 20.2 Å². The fraction of sp³-hybridized carbons (Fsp3) is 0.333. The van der Waals surface area contributed by atoms with Gasteiger partial charge in [-0.1, -0.05) is 11.6 Å². The lowest BCUT2D eigenvalue weighted by molar-refractivity contribution is -0.921. The molecule has 0 spiro atoms. The highest BCUT2D eigenvalue weighted by molar-refractivity contribution is 7.13. The van der Waals surface area contributed by atoms with Crippen LogP contribution in [0.3, 0.4) is 0 Å². The molecule has 1 aliphatic heterocycles. The number of nitrogens with zero attached hydrogens (tertiary/aromatic N) is 2. The predicted octanol–water partition coefficient (Wildman–Crippen LogP) is 1.37. The van der Waals surface area contributed by atoms with E-state index in [2.05, 4.69) is 10.3 Å². The summed E-state index contributed by atoms with van der Waals surface area (Å²) < 4.78 is 5.33. The summed E-state index contributed by atoms with van der Waals surface area (Å²) in [5.74, 6) is -0.459. The van der Waals surface area contributed by atoms with E-state index in [0.717, 1.165) is 44.6 Å². The molecule has 0 bridgehead atoms. The standard InChI is InChI=1S/C15H15ClN4O4S/c16-12-2-1-10(7-13(12)20(22)23)14(21)18-15-17-11(9-25-15)8-19-3-5-24-6-4-19/h1-2,7,9H,3-6,8H2,(H,17,18,21)/p+1. The van der Waals surface area contributed by atoms with Gasteiger partial charge in [-0.05, 0) is 12.1 Å². The lowest BCUT2D eigenvalue weighted by Crippen LogP contribution is -3.12. The highest BCUT2D eigenvalue weighted by Gasteiger charge is 2.19. The second-order valence-electron chi connectivity index (χ2n) is 5.56. The van der Waals surface area contributed by atoms with Crippen molar-refractivity contribution >= 4 is 39.7 Å². The van der Waals surface area contributed by atoms with Gasteiger partial charge in [0.15, 0.2) is 5.13 Å². The van der Waals surface area contributed by atoms with Gasteiger partial charge in [0.25, 0.3) is 11.6 Å². The second kappa shape index (κ2) is 7.87. The number of quaternary nitrogens is 1. The normalized spacial score (nSPS) is 15.1. The number of carbonyl (C=O) groups is 1. The van der Waals surface area contributed by atoms with Gasteiger partial charge in [-0.25, -0.2) is 4.98 Å². The number of thiazole rings is 1. The molecule has 1 saturated heterocycles. The van der Waals surface area contributed by atoms with Crippen molar-refractivity contribution in [2.45, 2.75) is 6.54 Å². The van der Waals surface area contributed by atoms with Crippen molar-refractivity contribution in [3.63, 3.8) is 0 Å². The van der Waals surface area contributed by atoms with Crippen LogP contribution in [0.25, 0.3) is 0 Å². The van der Waals surface area contributed by atoms with Crippen LogP contribution in [0.15, 0.2) is 23.6 Å². The van der Waals surface area contributed by atoms with Gasteiger partial charge in [0, 0.05) is 17.0 Å². The molecule has 3 rings (SSSR count). The minimum atomic E-state index is -0.619. The highest BCUT2D eigenvalue weighted by atomic mass is 35.5. The number of nitro groups is 1. The molecule has 132 valence electrons. The number of anilines is 1. The first-order valence-corrected chi connectivity index (χ1v) is 8.89. The van der Waals surface area contributed by atoms with Crippen LogP contribution in [0.5, 0.6) is 0 Å². The first-order chi connectivity index (χ1) is 12.0. The Kier molecular flexibility index (Phi) is 5.59. The van der Waals surface area contributed by atoms with Crippen molar-refractivity contribution in [3.05, 3.63) is 50.0 Å². The Hall–Kier alpha value is -2.07. The van der Waals surface area contributed by atoms with Gasteiger partial charge in [0.1, 0.15) is 30.4 Å². The van der Waals surface area contributed by atoms with E-state index in [-0.39, 0.29) is 16.3 Å². The van der Waals surface area contributed by atoms with Crippen LogP contribution in [0.2, 0.25) is 5.02 Å². The molecule has 2 aromatic rings. The van der Waals surface area contributed by atoms with E-state index in [1.54, 1.807) is 0 Å². The first-order valence-electron chi connectivity index (χ1n) is 7.64. The summed E-state index contributed by atoms with van der Waals surface area (Å²) in [6.07, 6.45) is 0. The zero-order valence-electron chi connectivity index (χ0n) is 13.2. The number of aromatic nitrogens is 1. The van der Waals surface area contributed by atoms with E-state index in [9.17, 15) is 14.9 Å². The number of nitro benzene ring substituents is 1. The van der Waals surface area contributed by atoms with Gasteiger partial charge >= 0.3 is 0 Å². The Balaban J connectivity index is 1.65. The van der Waals surface area contributed by atoms with Crippen molar-refractivity contribution < 1.29 is 19.4 Å². The number of hydrogen-bond donors (Lipinski definition) is 2. The quantitative estimate of drug-likeness (QED) is 0.600. The third kappa shape index (κ3) is 4.51. The molecule has 1 fully saturated rings. The Morgan fingerprint density at radius 2 is 2.20 bits per heavy atom. The van der Waals surface area contributed by atoms with Crippen LogP contribution in [0.1, 0.15) is 16.1 Å². The Bertz CT molecular complexity index is 792. The summed E-state index contributed by atoms with van der Waals surface area (Å²) in [7, 11) is 0. The smallest absolute Gasteiger partial charge is 0.288 e. The molecule has 0 saturated carbocycles. The number of benzene rings is 1. The topological polar surface area (TPSA) is 98.8 Å². The monoisotopic (exact) mass is 383 g/mol. The van der Waals surface area contributed by atoms with Gasteiger partial charge in [-0.15, -0.1) is 11.3 Å². The molecule has 0 unspecified atom stereocenters. The number of rotatable bonds is 5. The largest absolute Gasteiger partial charge is 0.370 e. The maximum atomic E-state index is 12.3. The van der Waals surface area contributed by atoms with Crippen LogP contribution in [-0.4, -0.2) is 42.1 Å². The molecule has 8 nitrogen and oxygen atoms in total. The van der Waals surface area contributed by atoms with Crippen LogP contribution >= 0.6 is 22.9 Å². The van der Waals surface area contributed by atoms with Gasteiger partial charge in [0.05, 0.1) is 18.1 Å². The maximum Gasteiger partial charge on any atom is 0.288 e. The van der Waals surface area contributed by atoms with E-state index in [0.29, 0.717) is 5.13 Å². The van der Waals surface area contributed by atoms with E-state index < -0.39 is 10.8 Å². The van der Waals surface area contributed by atoms with E-state index in [4.69, 9.17) is 16.3 Å². The SMILES string of the molecule is O=C(Nc1nc(C[NH+]2CCOCC2)cs1)c1ccc(Cl)c([N+](=O)[O-])c1. The molecule has 0 atom stereocenters. The van der Waals surface area contributed by atoms with Gasteiger partial charge in [-0.2, -0.15) is 0 Å². The average Bonchev–Trinajstić information content (AvgIpc) is 3.02. The number of nitrogens with one attached hydrogen (secondary N) is 2. The molecular weight excluding hydrogens is 368 g/mol. The van der Waals surface area contributed by atoms with Crippen LogP contribution in [-0.2, 0) is 11.3 Å². The number of carbonyl (C=O) groups excluding carboxylic acids is 1. The fourth-order valence-corrected chi connectivity index (χ4v) is 3.39. The van der Waals surface area contributed by atoms with Crippen LogP contribution < -0.4 is 10.2 Å². The van der Waals surface area contributed by atoms with Crippen LogP contribution in [0, 0.1) is 10.1 Å². The molecule has 10 heteroatoms. The lowest BCUT2D eigenvalue weighted by atomic mass is 10.2. The Morgan fingerprint density at radius 1 is 1.44 bits per heavy atom. The average molecular weight is 384 g/mol. The van der Waals surface area contributed by atoms with E-state index in [1.807, 2.05) is 5.38 Å². The minimum Gasteiger partial charge on any atom is -0.370 e. The second-order valence-corrected chi connectivity index (χ2v) is 6.83. The van der Waals surface area contributed by atoms with Crippen molar-refractivity contribution in [2.24, 2.45) is 0 Å². The summed E-state index contributed by atoms with van der Waals surface area (Å²) in [4.78, 5) is 28.4. The molecule has 1 aliphatic rings. The Morgan fingerprint density at radius 3 is 2.92 bits per heavy atom. The van der Waals surface area contributed by atoms with Gasteiger partial charge < -0.3 is 9.64 Å². The zero-order valence-corrected chi connectivity index (χ0v) is 14.7. The summed E-state index contributed by atoms with van der Waals surface area (Å²) in [5.41, 5.74) is 0.760. The van der Waals surface area contributed by atoms with E-state index in [1.165, 1.54) is 28.4 Å². The number of hydrogen-bond acceptors (Lipinski definition) is 6. The molecule has 0 aliphatic carbocycles. The highest BCUT2D eigenvalue weighted by Crippen LogP contribution is 2.25. The predicted molar refractivity (Wildman–Crippen MR) is 93.4 cm³/mol. The summed E-state index contributed by atoms with van der Waals surface area (Å²) in [6.45, 7) is 4.15. The summed E-state index contributed by atoms with van der Waals surface area (Å²) in [5, 5.41) is 15.9. The fourth-order valence-electron chi connectivity index (χ4n) is 2.50.